The summed E-state index contributed by atoms with van der Waals surface area (Å²) in [5, 5.41) is 10.7. The second kappa shape index (κ2) is 9.19. The highest BCUT2D eigenvalue weighted by Crippen LogP contribution is 2.22. The summed E-state index contributed by atoms with van der Waals surface area (Å²) in [6.45, 7) is 10.8. The van der Waals surface area contributed by atoms with Crippen molar-refractivity contribution in [2.75, 3.05) is 26.8 Å². The molecule has 0 saturated heterocycles. The Morgan fingerprint density at radius 2 is 1.86 bits per heavy atom. The molecule has 0 aromatic heterocycles. The van der Waals surface area contributed by atoms with Crippen LogP contribution in [0.25, 0.3) is 0 Å². The number of rotatable bonds is 9. The molecule has 0 heterocycles. The molecule has 1 unspecified atom stereocenters. The lowest BCUT2D eigenvalue weighted by Crippen LogP contribution is -2.40. The molecule has 21 heavy (non-hydrogen) atoms. The SMILES string of the molecule is CCC(CC)N(CCOC)CC(O)c1cc(C)ccc1C. The van der Waals surface area contributed by atoms with Gasteiger partial charge in [-0.1, -0.05) is 37.6 Å². The maximum absolute atomic E-state index is 10.7. The first-order valence-electron chi connectivity index (χ1n) is 8.01. The van der Waals surface area contributed by atoms with E-state index in [0.29, 0.717) is 19.2 Å². The highest BCUT2D eigenvalue weighted by atomic mass is 16.5. The van der Waals surface area contributed by atoms with Crippen LogP contribution in [0.3, 0.4) is 0 Å². The van der Waals surface area contributed by atoms with Crippen molar-refractivity contribution in [3.05, 3.63) is 34.9 Å². The van der Waals surface area contributed by atoms with Crippen molar-refractivity contribution in [2.24, 2.45) is 0 Å². The Morgan fingerprint density at radius 3 is 2.43 bits per heavy atom. The number of aliphatic hydroxyl groups excluding tert-OH is 1. The maximum atomic E-state index is 10.7. The van der Waals surface area contributed by atoms with Crippen molar-refractivity contribution in [1.82, 2.24) is 4.90 Å². The predicted octanol–water partition coefficient (Wildman–Crippen LogP) is 3.47. The average Bonchev–Trinajstić information content (AvgIpc) is 2.48. The van der Waals surface area contributed by atoms with Crippen LogP contribution in [0, 0.1) is 13.8 Å². The smallest absolute Gasteiger partial charge is 0.0919 e. The van der Waals surface area contributed by atoms with Crippen LogP contribution in [0.2, 0.25) is 0 Å². The van der Waals surface area contributed by atoms with Gasteiger partial charge in [0.2, 0.25) is 0 Å². The van der Waals surface area contributed by atoms with Crippen LogP contribution < -0.4 is 0 Å². The Bertz CT molecular complexity index is 416. The molecule has 1 N–H and O–H groups in total. The number of nitrogens with zero attached hydrogens (tertiary/aromatic N) is 1. The number of aliphatic hydroxyl groups is 1. The van der Waals surface area contributed by atoms with Gasteiger partial charge in [0, 0.05) is 26.2 Å². The summed E-state index contributed by atoms with van der Waals surface area (Å²) in [6.07, 6.45) is 1.75. The molecule has 1 aromatic carbocycles. The monoisotopic (exact) mass is 293 g/mol. The number of benzene rings is 1. The van der Waals surface area contributed by atoms with E-state index in [2.05, 4.69) is 50.8 Å². The van der Waals surface area contributed by atoms with Gasteiger partial charge in [0.15, 0.2) is 0 Å². The van der Waals surface area contributed by atoms with Crippen LogP contribution >= 0.6 is 0 Å². The first-order valence-corrected chi connectivity index (χ1v) is 8.01. The van der Waals surface area contributed by atoms with Crippen molar-refractivity contribution in [1.29, 1.82) is 0 Å². The first-order chi connectivity index (χ1) is 10.0. The van der Waals surface area contributed by atoms with Gasteiger partial charge in [0.25, 0.3) is 0 Å². The number of methoxy groups -OCH3 is 1. The van der Waals surface area contributed by atoms with Gasteiger partial charge in [-0.15, -0.1) is 0 Å². The Kier molecular flexibility index (Phi) is 7.94. The molecule has 0 radical (unpaired) electrons. The van der Waals surface area contributed by atoms with Gasteiger partial charge >= 0.3 is 0 Å². The van der Waals surface area contributed by atoms with Crippen LogP contribution in [0.4, 0.5) is 0 Å². The normalized spacial score (nSPS) is 13.1. The third kappa shape index (κ3) is 5.42. The molecule has 3 heteroatoms. The van der Waals surface area contributed by atoms with Gasteiger partial charge in [0.05, 0.1) is 12.7 Å². The summed E-state index contributed by atoms with van der Waals surface area (Å²) in [7, 11) is 1.73. The second-order valence-corrected chi connectivity index (χ2v) is 5.83. The fourth-order valence-electron chi connectivity index (χ4n) is 2.88. The second-order valence-electron chi connectivity index (χ2n) is 5.83. The maximum Gasteiger partial charge on any atom is 0.0919 e. The quantitative estimate of drug-likeness (QED) is 0.756. The van der Waals surface area contributed by atoms with E-state index in [9.17, 15) is 5.11 Å². The van der Waals surface area contributed by atoms with E-state index < -0.39 is 6.10 Å². The van der Waals surface area contributed by atoms with Gasteiger partial charge in [-0.3, -0.25) is 4.90 Å². The van der Waals surface area contributed by atoms with Crippen LogP contribution in [0.1, 0.15) is 49.5 Å². The Balaban J connectivity index is 2.83. The highest BCUT2D eigenvalue weighted by molar-refractivity contribution is 5.32. The van der Waals surface area contributed by atoms with Gasteiger partial charge in [-0.2, -0.15) is 0 Å². The summed E-state index contributed by atoms with van der Waals surface area (Å²) in [6, 6.07) is 6.78. The van der Waals surface area contributed by atoms with Gasteiger partial charge in [0.1, 0.15) is 0 Å². The van der Waals surface area contributed by atoms with E-state index in [4.69, 9.17) is 4.74 Å². The molecule has 3 nitrogen and oxygen atoms in total. The van der Waals surface area contributed by atoms with Crippen molar-refractivity contribution >= 4 is 0 Å². The zero-order chi connectivity index (χ0) is 15.8. The van der Waals surface area contributed by atoms with Gasteiger partial charge in [-0.05, 0) is 37.8 Å². The van der Waals surface area contributed by atoms with E-state index in [1.165, 1.54) is 5.56 Å². The summed E-state index contributed by atoms with van der Waals surface area (Å²) < 4.78 is 5.22. The molecule has 0 fully saturated rings. The molecular weight excluding hydrogens is 262 g/mol. The van der Waals surface area contributed by atoms with Gasteiger partial charge in [-0.25, -0.2) is 0 Å². The molecule has 0 bridgehead atoms. The minimum absolute atomic E-state index is 0.442. The lowest BCUT2D eigenvalue weighted by molar-refractivity contribution is 0.0605. The lowest BCUT2D eigenvalue weighted by Gasteiger charge is -2.32. The standard InChI is InChI=1S/C18H31NO2/c1-6-16(7-2)19(10-11-21-5)13-18(20)17-12-14(3)8-9-15(17)4/h8-9,12,16,18,20H,6-7,10-11,13H2,1-5H3. The van der Waals surface area contributed by atoms with Crippen molar-refractivity contribution in [3.8, 4) is 0 Å². The number of hydrogen-bond acceptors (Lipinski definition) is 3. The molecule has 120 valence electrons. The van der Waals surface area contributed by atoms with E-state index in [1.54, 1.807) is 7.11 Å². The summed E-state index contributed by atoms with van der Waals surface area (Å²) in [5.74, 6) is 0. The van der Waals surface area contributed by atoms with Crippen molar-refractivity contribution in [2.45, 2.75) is 52.7 Å². The molecule has 0 spiro atoms. The lowest BCUT2D eigenvalue weighted by atomic mass is 9.99. The van der Waals surface area contributed by atoms with Crippen molar-refractivity contribution < 1.29 is 9.84 Å². The van der Waals surface area contributed by atoms with Crippen LogP contribution in [-0.4, -0.2) is 42.9 Å². The zero-order valence-electron chi connectivity index (χ0n) is 14.2. The number of ether oxygens (including phenoxy) is 1. The zero-order valence-corrected chi connectivity index (χ0v) is 14.2. The third-order valence-corrected chi connectivity index (χ3v) is 4.24. The fourth-order valence-corrected chi connectivity index (χ4v) is 2.88. The van der Waals surface area contributed by atoms with E-state index in [1.807, 2.05) is 0 Å². The van der Waals surface area contributed by atoms with Gasteiger partial charge < -0.3 is 9.84 Å². The summed E-state index contributed by atoms with van der Waals surface area (Å²) in [4.78, 5) is 2.36. The Hall–Kier alpha value is -0.900. The molecule has 0 saturated carbocycles. The van der Waals surface area contributed by atoms with E-state index in [0.717, 1.165) is 30.5 Å². The minimum atomic E-state index is -0.442. The topological polar surface area (TPSA) is 32.7 Å². The van der Waals surface area contributed by atoms with Crippen LogP contribution in [0.5, 0.6) is 0 Å². The largest absolute Gasteiger partial charge is 0.387 e. The van der Waals surface area contributed by atoms with Crippen molar-refractivity contribution in [3.63, 3.8) is 0 Å². The molecule has 0 aliphatic carbocycles. The Labute approximate surface area is 129 Å². The Morgan fingerprint density at radius 1 is 1.19 bits per heavy atom. The molecule has 0 amide bonds. The summed E-state index contributed by atoms with van der Waals surface area (Å²) >= 11 is 0. The molecule has 1 aromatic rings. The van der Waals surface area contributed by atoms with E-state index in [-0.39, 0.29) is 0 Å². The highest BCUT2D eigenvalue weighted by Gasteiger charge is 2.20. The number of hydrogen-bond donors (Lipinski definition) is 1. The minimum Gasteiger partial charge on any atom is -0.387 e. The van der Waals surface area contributed by atoms with Crippen LogP contribution in [0.15, 0.2) is 18.2 Å². The fraction of sp³-hybridized carbons (Fsp3) is 0.667. The number of aryl methyl sites for hydroxylation is 2. The molecule has 0 aliphatic rings. The third-order valence-electron chi connectivity index (χ3n) is 4.24. The molecule has 0 aliphatic heterocycles. The van der Waals surface area contributed by atoms with Crippen LogP contribution in [-0.2, 0) is 4.74 Å². The van der Waals surface area contributed by atoms with E-state index >= 15 is 0 Å². The summed E-state index contributed by atoms with van der Waals surface area (Å²) in [5.41, 5.74) is 3.40. The predicted molar refractivity (Wildman–Crippen MR) is 88.7 cm³/mol. The first kappa shape index (κ1) is 18.1. The molecular formula is C18H31NO2. The molecule has 1 atom stereocenters. The average molecular weight is 293 g/mol. The molecule has 1 rings (SSSR count).